The Morgan fingerprint density at radius 1 is 1.12 bits per heavy atom. The number of hydrogen-bond donors (Lipinski definition) is 2. The molecule has 2 nitrogen and oxygen atoms in total. The van der Waals surface area contributed by atoms with Crippen molar-refractivity contribution in [2.75, 3.05) is 19.6 Å². The molecule has 2 aliphatic rings. The molecule has 0 spiro atoms. The largest absolute Gasteiger partial charge is 0.314 e. The maximum atomic E-state index is 3.74. The highest BCUT2D eigenvalue weighted by Crippen LogP contribution is 2.48. The van der Waals surface area contributed by atoms with Gasteiger partial charge in [-0.15, -0.1) is 0 Å². The van der Waals surface area contributed by atoms with Gasteiger partial charge in [0.2, 0.25) is 0 Å². The third-order valence-corrected chi connectivity index (χ3v) is 4.71. The third-order valence-electron chi connectivity index (χ3n) is 4.71. The van der Waals surface area contributed by atoms with Crippen LogP contribution in [0.15, 0.2) is 0 Å². The first-order valence-corrected chi connectivity index (χ1v) is 7.20. The lowest BCUT2D eigenvalue weighted by Crippen LogP contribution is -2.48. The lowest BCUT2D eigenvalue weighted by atomic mass is 9.93. The molecule has 1 saturated heterocycles. The van der Waals surface area contributed by atoms with Crippen LogP contribution in [0.3, 0.4) is 0 Å². The highest BCUT2D eigenvalue weighted by Gasteiger charge is 2.41. The van der Waals surface area contributed by atoms with Crippen molar-refractivity contribution in [3.05, 3.63) is 0 Å². The molecule has 1 unspecified atom stereocenters. The van der Waals surface area contributed by atoms with Crippen LogP contribution in [0, 0.1) is 5.41 Å². The van der Waals surface area contributed by atoms with E-state index >= 15 is 0 Å². The van der Waals surface area contributed by atoms with E-state index < -0.39 is 0 Å². The smallest absolute Gasteiger partial charge is 0.0304 e. The van der Waals surface area contributed by atoms with Crippen molar-refractivity contribution in [1.82, 2.24) is 10.6 Å². The molecule has 0 bridgehead atoms. The average Bonchev–Trinajstić information content (AvgIpc) is 2.89. The van der Waals surface area contributed by atoms with Gasteiger partial charge < -0.3 is 10.6 Å². The van der Waals surface area contributed by atoms with Gasteiger partial charge in [-0.05, 0) is 50.5 Å². The van der Waals surface area contributed by atoms with E-state index in [4.69, 9.17) is 0 Å². The number of hydrogen-bond acceptors (Lipinski definition) is 2. The monoisotopic (exact) mass is 224 g/mol. The Hall–Kier alpha value is -0.0800. The van der Waals surface area contributed by atoms with E-state index in [1.54, 1.807) is 0 Å². The predicted molar refractivity (Wildman–Crippen MR) is 69.7 cm³/mol. The lowest BCUT2D eigenvalue weighted by Gasteiger charge is -2.29. The number of rotatable bonds is 7. The molecular weight excluding hydrogens is 196 g/mol. The van der Waals surface area contributed by atoms with Gasteiger partial charge in [-0.3, -0.25) is 0 Å². The summed E-state index contributed by atoms with van der Waals surface area (Å²) in [5.41, 5.74) is 1.12. The van der Waals surface area contributed by atoms with Crippen molar-refractivity contribution < 1.29 is 0 Å². The molecule has 2 N–H and O–H groups in total. The van der Waals surface area contributed by atoms with Crippen molar-refractivity contribution in [2.24, 2.45) is 5.41 Å². The summed E-state index contributed by atoms with van der Waals surface area (Å²) >= 11 is 0. The molecular formula is C14H28N2. The van der Waals surface area contributed by atoms with Crippen molar-refractivity contribution in [1.29, 1.82) is 0 Å². The lowest BCUT2D eigenvalue weighted by molar-refractivity contribution is 0.318. The van der Waals surface area contributed by atoms with Crippen LogP contribution in [0.2, 0.25) is 0 Å². The van der Waals surface area contributed by atoms with E-state index in [0.717, 1.165) is 0 Å². The van der Waals surface area contributed by atoms with Gasteiger partial charge in [0.15, 0.2) is 0 Å². The molecule has 1 aliphatic heterocycles. The maximum Gasteiger partial charge on any atom is 0.0304 e. The average molecular weight is 224 g/mol. The zero-order valence-corrected chi connectivity index (χ0v) is 11.1. The van der Waals surface area contributed by atoms with Crippen LogP contribution in [0.25, 0.3) is 0 Å². The van der Waals surface area contributed by atoms with Crippen LogP contribution in [-0.4, -0.2) is 25.2 Å². The fourth-order valence-corrected chi connectivity index (χ4v) is 3.24. The summed E-state index contributed by atoms with van der Waals surface area (Å²) in [7, 11) is 0. The Bertz CT molecular complexity index is 215. The zero-order chi connectivity index (χ0) is 11.5. The topological polar surface area (TPSA) is 24.1 Å². The minimum absolute atomic E-state index is 0.419. The van der Waals surface area contributed by atoms with Gasteiger partial charge in [-0.1, -0.05) is 20.3 Å². The molecule has 0 aromatic carbocycles. The second kappa shape index (κ2) is 5.05. The highest BCUT2D eigenvalue weighted by molar-refractivity contribution is 4.98. The molecule has 0 aromatic rings. The molecule has 2 fully saturated rings. The van der Waals surface area contributed by atoms with E-state index in [2.05, 4.69) is 24.5 Å². The first-order chi connectivity index (χ1) is 7.74. The van der Waals surface area contributed by atoms with Crippen molar-refractivity contribution >= 4 is 0 Å². The van der Waals surface area contributed by atoms with Crippen LogP contribution in [0.1, 0.15) is 58.8 Å². The van der Waals surface area contributed by atoms with Crippen molar-refractivity contribution in [2.45, 2.75) is 64.3 Å². The van der Waals surface area contributed by atoms with Gasteiger partial charge >= 0.3 is 0 Å². The van der Waals surface area contributed by atoms with Crippen LogP contribution in [-0.2, 0) is 0 Å². The molecule has 1 heterocycles. The number of nitrogens with one attached hydrogen (secondary N) is 2. The second-order valence-electron chi connectivity index (χ2n) is 6.02. The molecule has 1 aliphatic carbocycles. The van der Waals surface area contributed by atoms with Gasteiger partial charge in [0.05, 0.1) is 0 Å². The normalized spacial score (nSPS) is 31.9. The molecule has 0 aromatic heterocycles. The fourth-order valence-electron chi connectivity index (χ4n) is 3.24. The Kier molecular flexibility index (Phi) is 3.91. The maximum absolute atomic E-state index is 3.74. The minimum atomic E-state index is 0.419. The Labute approximate surface area is 101 Å². The standard InChI is InChI=1S/C14H28N2/c1-3-6-13(8-9-13)11-15-12-14(4-2)7-5-10-16-14/h15-16H,3-12H2,1-2H3. The van der Waals surface area contributed by atoms with Gasteiger partial charge in [0.25, 0.3) is 0 Å². The van der Waals surface area contributed by atoms with Gasteiger partial charge in [-0.2, -0.15) is 0 Å². The summed E-state index contributed by atoms with van der Waals surface area (Å²) in [4.78, 5) is 0. The first-order valence-electron chi connectivity index (χ1n) is 7.20. The predicted octanol–water partition coefficient (Wildman–Crippen LogP) is 2.69. The Morgan fingerprint density at radius 3 is 2.44 bits per heavy atom. The molecule has 0 amide bonds. The van der Waals surface area contributed by atoms with E-state index in [9.17, 15) is 0 Å². The molecule has 94 valence electrons. The van der Waals surface area contributed by atoms with E-state index in [1.165, 1.54) is 64.6 Å². The molecule has 2 heteroatoms. The fraction of sp³-hybridized carbons (Fsp3) is 1.00. The van der Waals surface area contributed by atoms with Crippen molar-refractivity contribution in [3.63, 3.8) is 0 Å². The first kappa shape index (κ1) is 12.4. The van der Waals surface area contributed by atoms with E-state index in [-0.39, 0.29) is 0 Å². The summed E-state index contributed by atoms with van der Waals surface area (Å²) in [5.74, 6) is 0. The molecule has 2 rings (SSSR count). The molecule has 1 saturated carbocycles. The van der Waals surface area contributed by atoms with Crippen LogP contribution < -0.4 is 10.6 Å². The van der Waals surface area contributed by atoms with Gasteiger partial charge in [0.1, 0.15) is 0 Å². The summed E-state index contributed by atoms with van der Waals surface area (Å²) in [5, 5.41) is 7.44. The minimum Gasteiger partial charge on any atom is -0.314 e. The van der Waals surface area contributed by atoms with Crippen molar-refractivity contribution in [3.8, 4) is 0 Å². The third kappa shape index (κ3) is 2.78. The van der Waals surface area contributed by atoms with Crippen LogP contribution >= 0.6 is 0 Å². The summed E-state index contributed by atoms with van der Waals surface area (Å²) in [6, 6.07) is 0. The molecule has 0 radical (unpaired) electrons. The molecule has 16 heavy (non-hydrogen) atoms. The highest BCUT2D eigenvalue weighted by atomic mass is 15.1. The van der Waals surface area contributed by atoms with Gasteiger partial charge in [-0.25, -0.2) is 0 Å². The van der Waals surface area contributed by atoms with Crippen LogP contribution in [0.5, 0.6) is 0 Å². The second-order valence-corrected chi connectivity index (χ2v) is 6.02. The van der Waals surface area contributed by atoms with Crippen LogP contribution in [0.4, 0.5) is 0 Å². The Balaban J connectivity index is 1.70. The summed E-state index contributed by atoms with van der Waals surface area (Å²) < 4.78 is 0. The van der Waals surface area contributed by atoms with E-state index in [1.807, 2.05) is 0 Å². The zero-order valence-electron chi connectivity index (χ0n) is 11.1. The quantitative estimate of drug-likeness (QED) is 0.695. The Morgan fingerprint density at radius 2 is 1.94 bits per heavy atom. The summed E-state index contributed by atoms with van der Waals surface area (Å²) in [6.07, 6.45) is 9.67. The SMILES string of the molecule is CCCC1(CNCC2(CC)CCCN2)CC1. The molecule has 1 atom stereocenters. The van der Waals surface area contributed by atoms with Gasteiger partial charge in [0, 0.05) is 18.6 Å². The summed E-state index contributed by atoms with van der Waals surface area (Å²) in [6.45, 7) is 8.28. The van der Waals surface area contributed by atoms with E-state index in [0.29, 0.717) is 11.0 Å².